The summed E-state index contributed by atoms with van der Waals surface area (Å²) in [5.74, 6) is -4.07. The molecule has 0 aliphatic heterocycles. The Labute approximate surface area is 105 Å². The van der Waals surface area contributed by atoms with Crippen molar-refractivity contribution in [1.82, 2.24) is 5.32 Å². The Morgan fingerprint density at radius 1 is 1.39 bits per heavy atom. The van der Waals surface area contributed by atoms with E-state index in [1.807, 2.05) is 13.8 Å². The van der Waals surface area contributed by atoms with Crippen molar-refractivity contribution in [2.45, 2.75) is 57.6 Å². The highest BCUT2D eigenvalue weighted by Crippen LogP contribution is 2.37. The Kier molecular flexibility index (Phi) is 5.00. The zero-order chi connectivity index (χ0) is 14.0. The molecule has 1 saturated carbocycles. The van der Waals surface area contributed by atoms with E-state index in [1.54, 1.807) is 7.05 Å². The summed E-state index contributed by atoms with van der Waals surface area (Å²) in [7, 11) is 1.74. The molecule has 2 atom stereocenters. The highest BCUT2D eigenvalue weighted by atomic mass is 19.3. The standard InChI is InChI=1S/C12H21F4NO/c1-11(2)6-4-5-8(9(11)17-3)18-7-12(15,16)10(13)14/h8-10,17H,4-7H2,1-3H3. The maximum absolute atomic E-state index is 12.8. The first-order valence-corrected chi connectivity index (χ1v) is 6.15. The number of hydrogen-bond acceptors (Lipinski definition) is 2. The van der Waals surface area contributed by atoms with Gasteiger partial charge in [0.2, 0.25) is 0 Å². The number of hydrogen-bond donors (Lipinski definition) is 1. The highest BCUT2D eigenvalue weighted by molar-refractivity contribution is 4.94. The summed E-state index contributed by atoms with van der Waals surface area (Å²) in [4.78, 5) is 0. The van der Waals surface area contributed by atoms with E-state index in [2.05, 4.69) is 5.32 Å². The van der Waals surface area contributed by atoms with E-state index in [4.69, 9.17) is 4.74 Å². The van der Waals surface area contributed by atoms with Gasteiger partial charge in [0.25, 0.3) is 0 Å². The second kappa shape index (κ2) is 5.74. The lowest BCUT2D eigenvalue weighted by molar-refractivity contribution is -0.185. The normalized spacial score (nSPS) is 28.7. The van der Waals surface area contributed by atoms with Gasteiger partial charge >= 0.3 is 12.3 Å². The van der Waals surface area contributed by atoms with Crippen molar-refractivity contribution in [2.75, 3.05) is 13.7 Å². The van der Waals surface area contributed by atoms with Crippen LogP contribution in [0.4, 0.5) is 17.6 Å². The first-order valence-electron chi connectivity index (χ1n) is 6.15. The Bertz CT molecular complexity index is 271. The predicted molar refractivity (Wildman–Crippen MR) is 61.2 cm³/mol. The summed E-state index contributed by atoms with van der Waals surface area (Å²) in [6, 6.07) is -0.0975. The highest BCUT2D eigenvalue weighted by Gasteiger charge is 2.44. The topological polar surface area (TPSA) is 21.3 Å². The molecule has 1 rings (SSSR count). The molecule has 0 spiro atoms. The summed E-state index contributed by atoms with van der Waals surface area (Å²) in [5, 5.41) is 3.05. The lowest BCUT2D eigenvalue weighted by Gasteiger charge is -2.44. The molecule has 0 aromatic heterocycles. The van der Waals surface area contributed by atoms with Crippen molar-refractivity contribution in [3.05, 3.63) is 0 Å². The second-order valence-corrected chi connectivity index (χ2v) is 5.56. The van der Waals surface area contributed by atoms with Crippen LogP contribution in [0.2, 0.25) is 0 Å². The number of likely N-dealkylation sites (N-methyl/N-ethyl adjacent to an activating group) is 1. The molecule has 0 amide bonds. The van der Waals surface area contributed by atoms with Gasteiger partial charge in [0.05, 0.1) is 6.10 Å². The molecular formula is C12H21F4NO. The van der Waals surface area contributed by atoms with Gasteiger partial charge in [-0.25, -0.2) is 8.78 Å². The van der Waals surface area contributed by atoms with Gasteiger partial charge in [-0.05, 0) is 25.3 Å². The van der Waals surface area contributed by atoms with Crippen LogP contribution in [0.5, 0.6) is 0 Å². The van der Waals surface area contributed by atoms with Gasteiger partial charge in [0, 0.05) is 6.04 Å². The first-order chi connectivity index (χ1) is 8.20. The molecule has 0 radical (unpaired) electrons. The molecule has 1 N–H and O–H groups in total. The van der Waals surface area contributed by atoms with Crippen molar-refractivity contribution in [2.24, 2.45) is 5.41 Å². The molecule has 2 unspecified atom stereocenters. The molecule has 0 saturated heterocycles. The van der Waals surface area contributed by atoms with Crippen LogP contribution in [0.3, 0.4) is 0 Å². The van der Waals surface area contributed by atoms with Gasteiger partial charge in [0.15, 0.2) is 0 Å². The van der Waals surface area contributed by atoms with Crippen LogP contribution in [0.1, 0.15) is 33.1 Å². The van der Waals surface area contributed by atoms with Crippen LogP contribution in [-0.4, -0.2) is 38.1 Å². The molecule has 108 valence electrons. The van der Waals surface area contributed by atoms with E-state index in [0.717, 1.165) is 12.8 Å². The number of halogens is 4. The van der Waals surface area contributed by atoms with Gasteiger partial charge in [-0.2, -0.15) is 8.78 Å². The SMILES string of the molecule is CNC1C(OCC(F)(F)C(F)F)CCCC1(C)C. The Hall–Kier alpha value is -0.360. The van der Waals surface area contributed by atoms with E-state index in [-0.39, 0.29) is 11.5 Å². The Morgan fingerprint density at radius 3 is 2.50 bits per heavy atom. The van der Waals surface area contributed by atoms with E-state index in [9.17, 15) is 17.6 Å². The first kappa shape index (κ1) is 15.7. The number of ether oxygens (including phenoxy) is 1. The van der Waals surface area contributed by atoms with Crippen LogP contribution in [0.25, 0.3) is 0 Å². The summed E-state index contributed by atoms with van der Waals surface area (Å²) < 4.78 is 54.8. The summed E-state index contributed by atoms with van der Waals surface area (Å²) in [6.45, 7) is 2.83. The van der Waals surface area contributed by atoms with Gasteiger partial charge in [-0.3, -0.25) is 0 Å². The third kappa shape index (κ3) is 3.57. The second-order valence-electron chi connectivity index (χ2n) is 5.56. The molecule has 0 aromatic rings. The zero-order valence-electron chi connectivity index (χ0n) is 11.0. The summed E-state index contributed by atoms with van der Waals surface area (Å²) in [5.41, 5.74) is -0.0855. The molecule has 0 heterocycles. The minimum atomic E-state index is -4.07. The van der Waals surface area contributed by atoms with Gasteiger partial charge in [-0.15, -0.1) is 0 Å². The van der Waals surface area contributed by atoms with Crippen molar-refractivity contribution >= 4 is 0 Å². The number of nitrogens with one attached hydrogen (secondary N) is 1. The number of alkyl halides is 4. The lowest BCUT2D eigenvalue weighted by Crippen LogP contribution is -2.53. The fraction of sp³-hybridized carbons (Fsp3) is 1.00. The molecule has 6 heteroatoms. The Balaban J connectivity index is 2.60. The maximum atomic E-state index is 12.8. The van der Waals surface area contributed by atoms with E-state index in [0.29, 0.717) is 6.42 Å². The summed E-state index contributed by atoms with van der Waals surface area (Å²) >= 11 is 0. The number of rotatable bonds is 5. The van der Waals surface area contributed by atoms with E-state index < -0.39 is 25.1 Å². The van der Waals surface area contributed by atoms with E-state index in [1.165, 1.54) is 0 Å². The molecule has 1 fully saturated rings. The lowest BCUT2D eigenvalue weighted by atomic mass is 9.72. The van der Waals surface area contributed by atoms with Crippen molar-refractivity contribution in [3.8, 4) is 0 Å². The fourth-order valence-electron chi connectivity index (χ4n) is 2.62. The van der Waals surface area contributed by atoms with Crippen LogP contribution in [0.15, 0.2) is 0 Å². The average Bonchev–Trinajstić information content (AvgIpc) is 2.25. The fourth-order valence-corrected chi connectivity index (χ4v) is 2.62. The largest absolute Gasteiger partial charge is 0.370 e. The van der Waals surface area contributed by atoms with Crippen LogP contribution in [-0.2, 0) is 4.74 Å². The third-order valence-electron chi connectivity index (χ3n) is 3.64. The molecule has 2 nitrogen and oxygen atoms in total. The van der Waals surface area contributed by atoms with Gasteiger partial charge < -0.3 is 10.1 Å². The van der Waals surface area contributed by atoms with Crippen molar-refractivity contribution < 1.29 is 22.3 Å². The molecule has 1 aliphatic carbocycles. The zero-order valence-corrected chi connectivity index (χ0v) is 11.0. The van der Waals surface area contributed by atoms with Crippen LogP contribution < -0.4 is 5.32 Å². The minimum Gasteiger partial charge on any atom is -0.370 e. The molecule has 18 heavy (non-hydrogen) atoms. The predicted octanol–water partition coefficient (Wildman–Crippen LogP) is 3.07. The maximum Gasteiger partial charge on any atom is 0.330 e. The monoisotopic (exact) mass is 271 g/mol. The molecule has 1 aliphatic rings. The third-order valence-corrected chi connectivity index (χ3v) is 3.64. The summed E-state index contributed by atoms with van der Waals surface area (Å²) in [6.07, 6.45) is -1.68. The van der Waals surface area contributed by atoms with Crippen LogP contribution >= 0.6 is 0 Å². The van der Waals surface area contributed by atoms with E-state index >= 15 is 0 Å². The molecule has 0 aromatic carbocycles. The quantitative estimate of drug-likeness (QED) is 0.776. The van der Waals surface area contributed by atoms with Crippen molar-refractivity contribution in [3.63, 3.8) is 0 Å². The Morgan fingerprint density at radius 2 is 2.00 bits per heavy atom. The minimum absolute atomic E-state index is 0.0855. The smallest absolute Gasteiger partial charge is 0.330 e. The average molecular weight is 271 g/mol. The molecular weight excluding hydrogens is 250 g/mol. The molecule has 0 bridgehead atoms. The van der Waals surface area contributed by atoms with Gasteiger partial charge in [-0.1, -0.05) is 20.3 Å². The van der Waals surface area contributed by atoms with Gasteiger partial charge in [0.1, 0.15) is 6.61 Å². The van der Waals surface area contributed by atoms with Crippen molar-refractivity contribution in [1.29, 1.82) is 0 Å². The van der Waals surface area contributed by atoms with Crippen LogP contribution in [0, 0.1) is 5.41 Å².